The first kappa shape index (κ1) is 20.9. The molecule has 0 spiro atoms. The molecular weight excluding hydrogens is 402 g/mol. The van der Waals surface area contributed by atoms with E-state index < -0.39 is 24.5 Å². The van der Waals surface area contributed by atoms with E-state index in [0.29, 0.717) is 21.8 Å². The fourth-order valence-electron chi connectivity index (χ4n) is 2.94. The predicted molar refractivity (Wildman–Crippen MR) is 106 cm³/mol. The summed E-state index contributed by atoms with van der Waals surface area (Å²) in [7, 11) is 0. The second kappa shape index (κ2) is 8.68. The van der Waals surface area contributed by atoms with Crippen LogP contribution >= 0.6 is 11.8 Å². The number of ether oxygens (including phenoxy) is 1. The molecule has 1 amide bonds. The summed E-state index contributed by atoms with van der Waals surface area (Å²) < 4.78 is 29.0. The van der Waals surface area contributed by atoms with Crippen LogP contribution in [0.3, 0.4) is 0 Å². The van der Waals surface area contributed by atoms with Crippen molar-refractivity contribution >= 4 is 28.5 Å². The molecule has 3 N–H and O–H groups in total. The fourth-order valence-corrected chi connectivity index (χ4v) is 4.01. The van der Waals surface area contributed by atoms with Crippen molar-refractivity contribution < 1.29 is 18.3 Å². The number of nitrogens with two attached hydrogens (primary N) is 1. The van der Waals surface area contributed by atoms with E-state index in [1.165, 1.54) is 11.8 Å². The van der Waals surface area contributed by atoms with Gasteiger partial charge in [-0.15, -0.1) is 0 Å². The molecule has 0 aliphatic carbocycles. The third-order valence-corrected chi connectivity index (χ3v) is 5.05. The number of nitrogens with zero attached hydrogens (tertiary/aromatic N) is 4. The van der Waals surface area contributed by atoms with Gasteiger partial charge in [0, 0.05) is 17.1 Å². The highest BCUT2D eigenvalue weighted by Gasteiger charge is 2.34. The van der Waals surface area contributed by atoms with E-state index in [1.807, 2.05) is 6.92 Å². The van der Waals surface area contributed by atoms with E-state index in [4.69, 9.17) is 10.5 Å². The number of hydrogen-bond donors (Lipinski definition) is 2. The summed E-state index contributed by atoms with van der Waals surface area (Å²) >= 11 is 1.52. The number of hydrogen-bond acceptors (Lipinski definition) is 8. The number of thioether (sulfide) groups is 1. The number of halogens is 2. The summed E-state index contributed by atoms with van der Waals surface area (Å²) in [5, 5.41) is 3.52. The average molecular weight is 422 g/mol. The van der Waals surface area contributed by atoms with Gasteiger partial charge < -0.3 is 15.8 Å². The quantitative estimate of drug-likeness (QED) is 0.735. The number of carbonyl (C=O) groups excluding carboxylic acids is 1. The Kier molecular flexibility index (Phi) is 6.26. The summed E-state index contributed by atoms with van der Waals surface area (Å²) in [5.74, 6) is -0.587. The minimum absolute atomic E-state index is 0.0175. The number of rotatable bonds is 6. The zero-order valence-electron chi connectivity index (χ0n) is 15.8. The molecule has 29 heavy (non-hydrogen) atoms. The molecular formula is C18H20F2N6O2S. The minimum Gasteiger partial charge on any atom is -0.470 e. The van der Waals surface area contributed by atoms with Crippen LogP contribution in [0, 0.1) is 0 Å². The van der Waals surface area contributed by atoms with Crippen LogP contribution in [-0.4, -0.2) is 44.3 Å². The molecule has 1 aliphatic rings. The SMILES string of the molecule is C[C@@H]1C[C@@](C)(c2cc(NC(=O)c3cnc(OCC(F)F)cn3)ccn2)N=C(N)S1. The molecule has 0 fully saturated rings. The van der Waals surface area contributed by atoms with E-state index in [2.05, 4.69) is 32.2 Å². The number of aliphatic imine (C=N–C) groups is 1. The maximum Gasteiger partial charge on any atom is 0.275 e. The molecule has 8 nitrogen and oxygen atoms in total. The molecule has 154 valence electrons. The van der Waals surface area contributed by atoms with E-state index >= 15 is 0 Å². The highest BCUT2D eigenvalue weighted by Crippen LogP contribution is 2.38. The predicted octanol–water partition coefficient (Wildman–Crippen LogP) is 2.82. The van der Waals surface area contributed by atoms with Crippen molar-refractivity contribution in [3.8, 4) is 5.88 Å². The zero-order valence-corrected chi connectivity index (χ0v) is 16.6. The van der Waals surface area contributed by atoms with Gasteiger partial charge in [-0.1, -0.05) is 18.7 Å². The van der Waals surface area contributed by atoms with Gasteiger partial charge in [-0.3, -0.25) is 9.78 Å². The van der Waals surface area contributed by atoms with E-state index in [1.54, 1.807) is 18.3 Å². The molecule has 3 heterocycles. The number of amides is 1. The topological polar surface area (TPSA) is 115 Å². The van der Waals surface area contributed by atoms with Crippen LogP contribution in [-0.2, 0) is 5.54 Å². The summed E-state index contributed by atoms with van der Waals surface area (Å²) in [6.07, 6.45) is 2.00. The number of pyridine rings is 1. The Morgan fingerprint density at radius 2 is 2.21 bits per heavy atom. The number of aromatic nitrogens is 3. The third kappa shape index (κ3) is 5.37. The highest BCUT2D eigenvalue weighted by atomic mass is 32.2. The van der Waals surface area contributed by atoms with Gasteiger partial charge in [0.1, 0.15) is 11.2 Å². The number of nitrogens with one attached hydrogen (secondary N) is 1. The lowest BCUT2D eigenvalue weighted by Gasteiger charge is -2.32. The second-order valence-corrected chi connectivity index (χ2v) is 8.14. The molecule has 0 radical (unpaired) electrons. The van der Waals surface area contributed by atoms with Crippen molar-refractivity contribution in [2.24, 2.45) is 10.7 Å². The molecule has 0 bridgehead atoms. The normalized spacial score (nSPS) is 21.6. The van der Waals surface area contributed by atoms with Gasteiger partial charge >= 0.3 is 0 Å². The van der Waals surface area contributed by atoms with E-state index in [9.17, 15) is 13.6 Å². The van der Waals surface area contributed by atoms with Crippen LogP contribution in [0.2, 0.25) is 0 Å². The molecule has 11 heteroatoms. The molecule has 0 unspecified atom stereocenters. The molecule has 2 aromatic rings. The van der Waals surface area contributed by atoms with Crippen molar-refractivity contribution in [3.05, 3.63) is 42.1 Å². The molecule has 2 atom stereocenters. The van der Waals surface area contributed by atoms with Crippen LogP contribution in [0.4, 0.5) is 14.5 Å². The molecule has 2 aromatic heterocycles. The van der Waals surface area contributed by atoms with Crippen LogP contribution in [0.1, 0.15) is 36.5 Å². The van der Waals surface area contributed by atoms with Gasteiger partial charge in [0.2, 0.25) is 5.88 Å². The Morgan fingerprint density at radius 1 is 1.41 bits per heavy atom. The molecule has 1 aliphatic heterocycles. The van der Waals surface area contributed by atoms with Crippen LogP contribution in [0.5, 0.6) is 5.88 Å². The highest BCUT2D eigenvalue weighted by molar-refractivity contribution is 8.14. The van der Waals surface area contributed by atoms with Crippen molar-refractivity contribution in [2.45, 2.75) is 37.5 Å². The Labute approximate surface area is 170 Å². The first-order chi connectivity index (χ1) is 13.7. The summed E-state index contributed by atoms with van der Waals surface area (Å²) in [6, 6.07) is 3.39. The Morgan fingerprint density at radius 3 is 2.86 bits per heavy atom. The second-order valence-electron chi connectivity index (χ2n) is 6.68. The monoisotopic (exact) mass is 422 g/mol. The van der Waals surface area contributed by atoms with Crippen LogP contribution < -0.4 is 15.8 Å². The number of anilines is 1. The molecule has 3 rings (SSSR count). The lowest BCUT2D eigenvalue weighted by molar-refractivity contribution is 0.0792. The average Bonchev–Trinajstić information content (AvgIpc) is 2.66. The van der Waals surface area contributed by atoms with Gasteiger partial charge in [-0.05, 0) is 25.5 Å². The largest absolute Gasteiger partial charge is 0.470 e. The van der Waals surface area contributed by atoms with Gasteiger partial charge in [0.05, 0.1) is 18.1 Å². The van der Waals surface area contributed by atoms with Crippen molar-refractivity contribution in [3.63, 3.8) is 0 Å². The molecule has 0 aromatic carbocycles. The van der Waals surface area contributed by atoms with Gasteiger partial charge in [0.25, 0.3) is 12.3 Å². The summed E-state index contributed by atoms with van der Waals surface area (Å²) in [6.45, 7) is 3.24. The van der Waals surface area contributed by atoms with Gasteiger partial charge in [0.15, 0.2) is 11.8 Å². The summed E-state index contributed by atoms with van der Waals surface area (Å²) in [4.78, 5) is 29.1. The first-order valence-electron chi connectivity index (χ1n) is 8.78. The lowest BCUT2D eigenvalue weighted by Crippen LogP contribution is -2.33. The lowest BCUT2D eigenvalue weighted by atomic mass is 9.91. The maximum absolute atomic E-state index is 12.4. The third-order valence-electron chi connectivity index (χ3n) is 4.15. The number of alkyl halides is 2. The standard InChI is InChI=1S/C18H20F2N6O2S/c1-10-6-18(2,26-17(21)29-10)13-5-11(3-4-22-13)25-16(27)12-7-24-15(8-23-12)28-9-14(19)20/h3-5,7-8,10,14H,6,9H2,1-2H3,(H2,21,26)(H,22,25,27)/t10-,18+/m1/s1. The van der Waals surface area contributed by atoms with Gasteiger partial charge in [-0.2, -0.15) is 0 Å². The molecule has 0 saturated carbocycles. The van der Waals surface area contributed by atoms with Crippen molar-refractivity contribution in [2.75, 3.05) is 11.9 Å². The van der Waals surface area contributed by atoms with Crippen LogP contribution in [0.15, 0.2) is 35.7 Å². The van der Waals surface area contributed by atoms with Crippen molar-refractivity contribution in [1.29, 1.82) is 0 Å². The number of carbonyl (C=O) groups is 1. The molecule has 0 saturated heterocycles. The zero-order chi connectivity index (χ0) is 21.0. The first-order valence-corrected chi connectivity index (χ1v) is 9.66. The summed E-state index contributed by atoms with van der Waals surface area (Å²) in [5.41, 5.74) is 6.57. The van der Waals surface area contributed by atoms with Crippen LogP contribution in [0.25, 0.3) is 0 Å². The Balaban J connectivity index is 1.72. The van der Waals surface area contributed by atoms with E-state index in [0.717, 1.165) is 18.8 Å². The Bertz CT molecular complexity index is 911. The Hall–Kier alpha value is -2.82. The van der Waals surface area contributed by atoms with Gasteiger partial charge in [-0.25, -0.2) is 23.7 Å². The minimum atomic E-state index is -2.62. The number of amidine groups is 1. The maximum atomic E-state index is 12.4. The van der Waals surface area contributed by atoms with Crippen molar-refractivity contribution in [1.82, 2.24) is 15.0 Å². The van der Waals surface area contributed by atoms with E-state index in [-0.39, 0.29) is 11.6 Å². The smallest absolute Gasteiger partial charge is 0.275 e. The fraction of sp³-hybridized carbons (Fsp3) is 0.389.